The van der Waals surface area contributed by atoms with Crippen molar-refractivity contribution in [3.63, 3.8) is 0 Å². The molecule has 5 heteroatoms. The predicted octanol–water partition coefficient (Wildman–Crippen LogP) is 0.985. The second kappa shape index (κ2) is 5.59. The molecule has 3 aliphatic rings. The van der Waals surface area contributed by atoms with Gasteiger partial charge >= 0.3 is 0 Å². The zero-order valence-corrected chi connectivity index (χ0v) is 13.3. The lowest BCUT2D eigenvalue weighted by Crippen LogP contribution is -2.66. The molecule has 3 fully saturated rings. The Bertz CT molecular complexity index is 423. The molecule has 3 saturated heterocycles. The second-order valence-corrected chi connectivity index (χ2v) is 7.24. The highest BCUT2D eigenvalue weighted by Crippen LogP contribution is 2.36. The summed E-state index contributed by atoms with van der Waals surface area (Å²) in [6, 6.07) is 1.10. The Morgan fingerprint density at radius 2 is 1.71 bits per heavy atom. The van der Waals surface area contributed by atoms with Gasteiger partial charge in [-0.1, -0.05) is 20.3 Å². The molecule has 21 heavy (non-hydrogen) atoms. The minimum absolute atomic E-state index is 0.0219. The van der Waals surface area contributed by atoms with Crippen molar-refractivity contribution < 1.29 is 9.59 Å². The SMILES string of the molecule is CC(C)C1C(=O)NCC(=O)N1C1CC2CCCC(C1)N2C. The summed E-state index contributed by atoms with van der Waals surface area (Å²) in [5.41, 5.74) is 0. The van der Waals surface area contributed by atoms with E-state index in [1.807, 2.05) is 18.7 Å². The lowest BCUT2D eigenvalue weighted by Gasteiger charge is -2.52. The van der Waals surface area contributed by atoms with E-state index in [2.05, 4.69) is 17.3 Å². The van der Waals surface area contributed by atoms with Crippen molar-refractivity contribution in [1.29, 1.82) is 0 Å². The first-order valence-corrected chi connectivity index (χ1v) is 8.30. The predicted molar refractivity (Wildman–Crippen MR) is 80.7 cm³/mol. The third kappa shape index (κ3) is 2.56. The highest BCUT2D eigenvalue weighted by atomic mass is 16.2. The first-order valence-electron chi connectivity index (χ1n) is 8.30. The van der Waals surface area contributed by atoms with Gasteiger partial charge < -0.3 is 15.1 Å². The van der Waals surface area contributed by atoms with Crippen LogP contribution in [0.1, 0.15) is 46.0 Å². The van der Waals surface area contributed by atoms with Gasteiger partial charge in [0.2, 0.25) is 11.8 Å². The number of hydrogen-bond donors (Lipinski definition) is 1. The number of fused-ring (bicyclic) bond motifs is 2. The minimum atomic E-state index is -0.291. The number of hydrogen-bond acceptors (Lipinski definition) is 3. The maximum absolute atomic E-state index is 12.5. The Morgan fingerprint density at radius 3 is 2.29 bits per heavy atom. The van der Waals surface area contributed by atoms with Crippen LogP contribution in [-0.4, -0.2) is 59.4 Å². The Kier molecular flexibility index (Phi) is 3.95. The molecule has 0 aliphatic carbocycles. The number of amides is 2. The van der Waals surface area contributed by atoms with Crippen LogP contribution in [0.15, 0.2) is 0 Å². The number of rotatable bonds is 2. The molecule has 0 radical (unpaired) electrons. The second-order valence-electron chi connectivity index (χ2n) is 7.24. The number of nitrogens with zero attached hydrogens (tertiary/aromatic N) is 2. The van der Waals surface area contributed by atoms with E-state index in [4.69, 9.17) is 0 Å². The summed E-state index contributed by atoms with van der Waals surface area (Å²) < 4.78 is 0. The average Bonchev–Trinajstić information content (AvgIpc) is 2.40. The van der Waals surface area contributed by atoms with Crippen LogP contribution in [-0.2, 0) is 9.59 Å². The van der Waals surface area contributed by atoms with E-state index in [9.17, 15) is 9.59 Å². The van der Waals surface area contributed by atoms with Gasteiger partial charge in [0.15, 0.2) is 0 Å². The molecule has 3 unspecified atom stereocenters. The van der Waals surface area contributed by atoms with Gasteiger partial charge in [-0.25, -0.2) is 0 Å². The normalized spacial score (nSPS) is 37.8. The maximum atomic E-state index is 12.5. The summed E-state index contributed by atoms with van der Waals surface area (Å²) in [5.74, 6) is 0.281. The third-order valence-electron chi connectivity index (χ3n) is 5.61. The fourth-order valence-electron chi connectivity index (χ4n) is 4.51. The largest absolute Gasteiger partial charge is 0.345 e. The summed E-state index contributed by atoms with van der Waals surface area (Å²) in [5, 5.41) is 2.75. The van der Waals surface area contributed by atoms with E-state index >= 15 is 0 Å². The molecule has 3 aliphatic heterocycles. The van der Waals surface area contributed by atoms with Crippen LogP contribution in [0.2, 0.25) is 0 Å². The Hall–Kier alpha value is -1.10. The van der Waals surface area contributed by atoms with E-state index in [1.54, 1.807) is 0 Å². The number of piperidine rings is 2. The van der Waals surface area contributed by atoms with Crippen molar-refractivity contribution in [3.8, 4) is 0 Å². The molecule has 2 bridgehead atoms. The lowest BCUT2D eigenvalue weighted by molar-refractivity contribution is -0.153. The third-order valence-corrected chi connectivity index (χ3v) is 5.61. The van der Waals surface area contributed by atoms with Gasteiger partial charge in [-0.15, -0.1) is 0 Å². The standard InChI is InChI=1S/C16H27N3O2/c1-10(2)15-16(21)17-9-14(20)19(15)13-7-11-5-4-6-12(8-13)18(11)3/h10-13,15H,4-9H2,1-3H3,(H,17,21). The van der Waals surface area contributed by atoms with Gasteiger partial charge in [0, 0.05) is 18.1 Å². The van der Waals surface area contributed by atoms with E-state index in [-0.39, 0.29) is 36.4 Å². The Balaban J connectivity index is 1.83. The molecular formula is C16H27N3O2. The monoisotopic (exact) mass is 293 g/mol. The molecule has 1 N–H and O–H groups in total. The van der Waals surface area contributed by atoms with Gasteiger partial charge in [-0.3, -0.25) is 9.59 Å². The van der Waals surface area contributed by atoms with Gasteiger partial charge in [-0.2, -0.15) is 0 Å². The van der Waals surface area contributed by atoms with E-state index in [0.717, 1.165) is 12.8 Å². The zero-order chi connectivity index (χ0) is 15.1. The maximum Gasteiger partial charge on any atom is 0.243 e. The number of piperazine rings is 1. The topological polar surface area (TPSA) is 52.7 Å². The fourth-order valence-corrected chi connectivity index (χ4v) is 4.51. The van der Waals surface area contributed by atoms with E-state index in [0.29, 0.717) is 12.1 Å². The molecule has 0 saturated carbocycles. The van der Waals surface area contributed by atoms with E-state index < -0.39 is 0 Å². The summed E-state index contributed by atoms with van der Waals surface area (Å²) in [6.45, 7) is 4.24. The van der Waals surface area contributed by atoms with Crippen LogP contribution in [0, 0.1) is 5.92 Å². The minimum Gasteiger partial charge on any atom is -0.345 e. The molecule has 0 aromatic carbocycles. The summed E-state index contributed by atoms with van der Waals surface area (Å²) in [7, 11) is 2.22. The Labute approximate surface area is 127 Å². The van der Waals surface area contributed by atoms with Crippen molar-refractivity contribution in [1.82, 2.24) is 15.1 Å². The van der Waals surface area contributed by atoms with Gasteiger partial charge in [0.1, 0.15) is 6.04 Å². The van der Waals surface area contributed by atoms with Crippen LogP contribution < -0.4 is 5.32 Å². The van der Waals surface area contributed by atoms with Crippen molar-refractivity contribution in [2.45, 2.75) is 70.1 Å². The average molecular weight is 293 g/mol. The first-order chi connectivity index (χ1) is 9.99. The smallest absolute Gasteiger partial charge is 0.243 e. The number of carbonyl (C=O) groups is 2. The van der Waals surface area contributed by atoms with Crippen LogP contribution in [0.5, 0.6) is 0 Å². The van der Waals surface area contributed by atoms with Crippen molar-refractivity contribution in [2.75, 3.05) is 13.6 Å². The highest BCUT2D eigenvalue weighted by molar-refractivity contribution is 5.95. The molecule has 0 spiro atoms. The number of carbonyl (C=O) groups excluding carboxylic acids is 2. The molecule has 3 heterocycles. The van der Waals surface area contributed by atoms with Gasteiger partial charge in [0.05, 0.1) is 6.54 Å². The molecule has 0 aromatic heterocycles. The van der Waals surface area contributed by atoms with E-state index in [1.165, 1.54) is 19.3 Å². The van der Waals surface area contributed by atoms with Crippen LogP contribution in [0.4, 0.5) is 0 Å². The summed E-state index contributed by atoms with van der Waals surface area (Å²) in [6.07, 6.45) is 5.80. The molecule has 5 nitrogen and oxygen atoms in total. The molecule has 2 amide bonds. The quantitative estimate of drug-likeness (QED) is 0.826. The van der Waals surface area contributed by atoms with Crippen molar-refractivity contribution in [3.05, 3.63) is 0 Å². The van der Waals surface area contributed by atoms with Crippen LogP contribution >= 0.6 is 0 Å². The molecule has 3 atom stereocenters. The summed E-state index contributed by atoms with van der Waals surface area (Å²) >= 11 is 0. The van der Waals surface area contributed by atoms with Crippen molar-refractivity contribution in [2.24, 2.45) is 5.92 Å². The van der Waals surface area contributed by atoms with Gasteiger partial charge in [0.25, 0.3) is 0 Å². The zero-order valence-electron chi connectivity index (χ0n) is 13.3. The highest BCUT2D eigenvalue weighted by Gasteiger charge is 2.45. The molecule has 3 rings (SSSR count). The van der Waals surface area contributed by atoms with Crippen LogP contribution in [0.25, 0.3) is 0 Å². The molecule has 118 valence electrons. The first kappa shape index (κ1) is 14.8. The molecule has 0 aromatic rings. The van der Waals surface area contributed by atoms with Gasteiger partial charge in [-0.05, 0) is 38.6 Å². The Morgan fingerprint density at radius 1 is 1.10 bits per heavy atom. The van der Waals surface area contributed by atoms with Crippen LogP contribution in [0.3, 0.4) is 0 Å². The van der Waals surface area contributed by atoms with Crippen molar-refractivity contribution >= 4 is 11.8 Å². The summed E-state index contributed by atoms with van der Waals surface area (Å²) in [4.78, 5) is 29.1. The number of nitrogens with one attached hydrogen (secondary N) is 1. The fraction of sp³-hybridized carbons (Fsp3) is 0.875. The molecular weight excluding hydrogens is 266 g/mol. The lowest BCUT2D eigenvalue weighted by atomic mass is 9.80.